The van der Waals surface area contributed by atoms with Crippen LogP contribution in [0.4, 0.5) is 11.5 Å². The molecule has 6 nitrogen and oxygen atoms in total. The highest BCUT2D eigenvalue weighted by molar-refractivity contribution is 6.29. The zero-order valence-electron chi connectivity index (χ0n) is 15.3. The first-order chi connectivity index (χ1) is 13.2. The molecule has 0 spiro atoms. The number of carbonyl (C=O) groups excluding carboxylic acids is 1. The molecule has 1 aromatic heterocycles. The van der Waals surface area contributed by atoms with Crippen molar-refractivity contribution in [3.63, 3.8) is 0 Å². The summed E-state index contributed by atoms with van der Waals surface area (Å²) >= 11 is 5.83. The second-order valence-electron chi connectivity index (χ2n) is 7.15. The monoisotopic (exact) mass is 385 g/mol. The van der Waals surface area contributed by atoms with E-state index in [9.17, 15) is 4.79 Å². The second kappa shape index (κ2) is 8.13. The summed E-state index contributed by atoms with van der Waals surface area (Å²) in [4.78, 5) is 19.6. The standard InChI is InChI=1S/C20H24ClN5O/c21-18-8-9-19(23-22-18)26-10-4-5-16(15-26)20(27)25-13-11-24(12-14-25)17-6-2-1-3-7-17/h1-3,6-9,16H,4-5,10-15H2. The van der Waals surface area contributed by atoms with E-state index in [4.69, 9.17) is 11.6 Å². The van der Waals surface area contributed by atoms with Crippen LogP contribution in [0.15, 0.2) is 42.5 Å². The van der Waals surface area contributed by atoms with E-state index >= 15 is 0 Å². The predicted octanol–water partition coefficient (Wildman–Crippen LogP) is 2.70. The molecule has 1 atom stereocenters. The first kappa shape index (κ1) is 18.0. The van der Waals surface area contributed by atoms with E-state index in [0.717, 1.165) is 51.4 Å². The largest absolute Gasteiger partial charge is 0.368 e. The van der Waals surface area contributed by atoms with E-state index in [1.54, 1.807) is 6.07 Å². The normalized spacial score (nSPS) is 20.6. The van der Waals surface area contributed by atoms with Crippen LogP contribution in [-0.4, -0.2) is 60.3 Å². The van der Waals surface area contributed by atoms with Crippen molar-refractivity contribution in [2.45, 2.75) is 12.8 Å². The molecule has 2 aliphatic heterocycles. The van der Waals surface area contributed by atoms with Crippen LogP contribution in [0.1, 0.15) is 12.8 Å². The van der Waals surface area contributed by atoms with Gasteiger partial charge in [-0.05, 0) is 37.1 Å². The molecule has 0 bridgehead atoms. The van der Waals surface area contributed by atoms with Crippen LogP contribution < -0.4 is 9.80 Å². The summed E-state index contributed by atoms with van der Waals surface area (Å²) in [5.41, 5.74) is 1.23. The number of carbonyl (C=O) groups is 1. The quantitative estimate of drug-likeness (QED) is 0.813. The number of hydrogen-bond acceptors (Lipinski definition) is 5. The lowest BCUT2D eigenvalue weighted by molar-refractivity contribution is -0.136. The maximum Gasteiger partial charge on any atom is 0.227 e. The van der Waals surface area contributed by atoms with Gasteiger partial charge in [0.1, 0.15) is 0 Å². The fraction of sp³-hybridized carbons (Fsp3) is 0.450. The molecule has 1 amide bonds. The molecular weight excluding hydrogens is 362 g/mol. The molecule has 1 aromatic carbocycles. The molecule has 4 rings (SSSR count). The Morgan fingerprint density at radius 3 is 2.41 bits per heavy atom. The Morgan fingerprint density at radius 2 is 1.70 bits per heavy atom. The molecule has 2 fully saturated rings. The molecule has 2 saturated heterocycles. The van der Waals surface area contributed by atoms with E-state index in [1.165, 1.54) is 5.69 Å². The van der Waals surface area contributed by atoms with Gasteiger partial charge in [0.2, 0.25) is 5.91 Å². The summed E-state index contributed by atoms with van der Waals surface area (Å²) in [7, 11) is 0. The molecule has 3 heterocycles. The van der Waals surface area contributed by atoms with Crippen molar-refractivity contribution >= 4 is 29.0 Å². The van der Waals surface area contributed by atoms with Crippen LogP contribution in [0.2, 0.25) is 5.15 Å². The number of piperidine rings is 1. The van der Waals surface area contributed by atoms with Crippen LogP contribution in [0.25, 0.3) is 0 Å². The van der Waals surface area contributed by atoms with E-state index in [-0.39, 0.29) is 11.8 Å². The summed E-state index contributed by atoms with van der Waals surface area (Å²) in [5, 5.41) is 8.48. The zero-order chi connectivity index (χ0) is 18.6. The van der Waals surface area contributed by atoms with E-state index < -0.39 is 0 Å². The highest BCUT2D eigenvalue weighted by Crippen LogP contribution is 2.24. The average Bonchev–Trinajstić information content (AvgIpc) is 2.75. The Kier molecular flexibility index (Phi) is 5.43. The number of para-hydroxylation sites is 1. The van der Waals surface area contributed by atoms with Gasteiger partial charge in [-0.15, -0.1) is 10.2 Å². The molecule has 1 unspecified atom stereocenters. The summed E-state index contributed by atoms with van der Waals surface area (Å²) < 4.78 is 0. The van der Waals surface area contributed by atoms with Gasteiger partial charge in [-0.3, -0.25) is 4.79 Å². The number of amides is 1. The van der Waals surface area contributed by atoms with Gasteiger partial charge in [0, 0.05) is 45.0 Å². The van der Waals surface area contributed by atoms with Gasteiger partial charge in [0.05, 0.1) is 5.92 Å². The first-order valence-electron chi connectivity index (χ1n) is 9.54. The number of nitrogens with zero attached hydrogens (tertiary/aromatic N) is 5. The summed E-state index contributed by atoms with van der Waals surface area (Å²) in [6, 6.07) is 14.0. The lowest BCUT2D eigenvalue weighted by Crippen LogP contribution is -2.52. The molecule has 2 aliphatic rings. The van der Waals surface area contributed by atoms with Crippen molar-refractivity contribution in [1.29, 1.82) is 0 Å². The van der Waals surface area contributed by atoms with E-state index in [1.807, 2.05) is 17.0 Å². The van der Waals surface area contributed by atoms with Gasteiger partial charge in [-0.1, -0.05) is 29.8 Å². The average molecular weight is 386 g/mol. The number of anilines is 2. The highest BCUT2D eigenvalue weighted by Gasteiger charge is 2.31. The Labute approximate surface area is 164 Å². The molecule has 0 aliphatic carbocycles. The number of aromatic nitrogens is 2. The van der Waals surface area contributed by atoms with Gasteiger partial charge >= 0.3 is 0 Å². The maximum absolute atomic E-state index is 13.1. The van der Waals surface area contributed by atoms with Crippen molar-refractivity contribution in [1.82, 2.24) is 15.1 Å². The minimum absolute atomic E-state index is 0.0273. The highest BCUT2D eigenvalue weighted by atomic mass is 35.5. The first-order valence-corrected chi connectivity index (χ1v) is 9.91. The molecule has 7 heteroatoms. The number of piperazine rings is 1. The Balaban J connectivity index is 1.35. The van der Waals surface area contributed by atoms with E-state index in [2.05, 4.69) is 44.3 Å². The third-order valence-corrected chi connectivity index (χ3v) is 5.63. The molecule has 0 N–H and O–H groups in total. The van der Waals surface area contributed by atoms with Gasteiger partial charge in [0.15, 0.2) is 11.0 Å². The van der Waals surface area contributed by atoms with Gasteiger partial charge in [-0.25, -0.2) is 0 Å². The Bertz CT molecular complexity index is 762. The van der Waals surface area contributed by atoms with Crippen LogP contribution >= 0.6 is 11.6 Å². The summed E-state index contributed by atoms with van der Waals surface area (Å²) in [6.07, 6.45) is 1.93. The van der Waals surface area contributed by atoms with Gasteiger partial charge < -0.3 is 14.7 Å². The lowest BCUT2D eigenvalue weighted by Gasteiger charge is -2.39. The predicted molar refractivity (Wildman–Crippen MR) is 107 cm³/mol. The number of halogens is 1. The topological polar surface area (TPSA) is 52.6 Å². The fourth-order valence-electron chi connectivity index (χ4n) is 3.95. The molecular formula is C20H24ClN5O. The smallest absolute Gasteiger partial charge is 0.227 e. The molecule has 0 radical (unpaired) electrons. The van der Waals surface area contributed by atoms with E-state index in [0.29, 0.717) is 11.7 Å². The molecule has 142 valence electrons. The van der Waals surface area contributed by atoms with Crippen LogP contribution in [-0.2, 0) is 4.79 Å². The van der Waals surface area contributed by atoms with Crippen LogP contribution in [0.3, 0.4) is 0 Å². The number of hydrogen-bond donors (Lipinski definition) is 0. The Morgan fingerprint density at radius 1 is 0.926 bits per heavy atom. The molecule has 2 aromatic rings. The second-order valence-corrected chi connectivity index (χ2v) is 7.53. The third-order valence-electron chi connectivity index (χ3n) is 5.43. The zero-order valence-corrected chi connectivity index (χ0v) is 16.1. The Hall–Kier alpha value is -2.34. The lowest BCUT2D eigenvalue weighted by atomic mass is 9.96. The minimum Gasteiger partial charge on any atom is -0.368 e. The van der Waals surface area contributed by atoms with Crippen molar-refractivity contribution < 1.29 is 4.79 Å². The van der Waals surface area contributed by atoms with Crippen molar-refractivity contribution in [2.75, 3.05) is 49.1 Å². The van der Waals surface area contributed by atoms with Crippen molar-refractivity contribution in [3.05, 3.63) is 47.6 Å². The maximum atomic E-state index is 13.1. The summed E-state index contributed by atoms with van der Waals surface area (Å²) in [6.45, 7) is 4.94. The number of benzene rings is 1. The van der Waals surface area contributed by atoms with Crippen molar-refractivity contribution in [3.8, 4) is 0 Å². The summed E-state index contributed by atoms with van der Waals surface area (Å²) in [5.74, 6) is 1.10. The van der Waals surface area contributed by atoms with Crippen LogP contribution in [0.5, 0.6) is 0 Å². The van der Waals surface area contributed by atoms with Crippen LogP contribution in [0, 0.1) is 5.92 Å². The molecule has 27 heavy (non-hydrogen) atoms. The number of rotatable bonds is 3. The minimum atomic E-state index is 0.0273. The van der Waals surface area contributed by atoms with Gasteiger partial charge in [0.25, 0.3) is 0 Å². The van der Waals surface area contributed by atoms with Gasteiger partial charge in [-0.2, -0.15) is 0 Å². The third kappa shape index (κ3) is 4.16. The molecule has 0 saturated carbocycles. The SMILES string of the molecule is O=C(C1CCCN(c2ccc(Cl)nn2)C1)N1CCN(c2ccccc2)CC1. The fourth-order valence-corrected chi connectivity index (χ4v) is 4.05. The van der Waals surface area contributed by atoms with Crippen molar-refractivity contribution in [2.24, 2.45) is 5.92 Å².